The monoisotopic (exact) mass is 488 g/mol. The molecule has 0 amide bonds. The van der Waals surface area contributed by atoms with Crippen LogP contribution in [0.2, 0.25) is 0 Å². The summed E-state index contributed by atoms with van der Waals surface area (Å²) >= 11 is 0. The van der Waals surface area contributed by atoms with Gasteiger partial charge in [0, 0.05) is 11.1 Å². The van der Waals surface area contributed by atoms with E-state index in [9.17, 15) is 4.79 Å². The van der Waals surface area contributed by atoms with Crippen molar-refractivity contribution < 1.29 is 14.3 Å². The number of unbranched alkanes of at least 4 members (excludes halogenated alkanes) is 6. The Morgan fingerprint density at radius 2 is 1.22 bits per heavy atom. The van der Waals surface area contributed by atoms with Crippen LogP contribution in [0, 0.1) is 5.92 Å². The molecule has 1 aliphatic carbocycles. The van der Waals surface area contributed by atoms with Crippen molar-refractivity contribution in [3.63, 3.8) is 0 Å². The predicted octanol–water partition coefficient (Wildman–Crippen LogP) is 9.07. The Kier molecular flexibility index (Phi) is 11.8. The van der Waals surface area contributed by atoms with E-state index in [0.29, 0.717) is 0 Å². The van der Waals surface area contributed by atoms with Crippen LogP contribution in [0.3, 0.4) is 0 Å². The normalized spacial score (nSPS) is 18.1. The van der Waals surface area contributed by atoms with E-state index in [4.69, 9.17) is 9.47 Å². The molecule has 1 saturated carbocycles. The summed E-state index contributed by atoms with van der Waals surface area (Å²) in [4.78, 5) is 13.3. The molecule has 0 saturated heterocycles. The molecule has 0 aromatic heterocycles. The minimum Gasteiger partial charge on any atom is -0.494 e. The van der Waals surface area contributed by atoms with Crippen molar-refractivity contribution in [2.75, 3.05) is 13.2 Å². The quantitative estimate of drug-likeness (QED) is 0.196. The molecular weight excluding hydrogens is 444 g/mol. The molecule has 3 rings (SSSR count). The van der Waals surface area contributed by atoms with E-state index in [-0.39, 0.29) is 11.7 Å². The van der Waals surface area contributed by atoms with Crippen LogP contribution >= 0.6 is 0 Å². The zero-order valence-corrected chi connectivity index (χ0v) is 22.6. The van der Waals surface area contributed by atoms with Crippen LogP contribution in [-0.2, 0) is 4.79 Å². The number of carbonyl (C=O) groups is 1. The summed E-state index contributed by atoms with van der Waals surface area (Å²) in [7, 11) is 0. The van der Waals surface area contributed by atoms with Gasteiger partial charge in [0.1, 0.15) is 11.5 Å². The van der Waals surface area contributed by atoms with Gasteiger partial charge >= 0.3 is 0 Å². The number of allylic oxidation sites excluding steroid dienone is 2. The first-order valence-electron chi connectivity index (χ1n) is 14.0. The number of benzene rings is 2. The highest BCUT2D eigenvalue weighted by molar-refractivity contribution is 6.14. The van der Waals surface area contributed by atoms with E-state index in [0.717, 1.165) is 72.7 Å². The van der Waals surface area contributed by atoms with Crippen LogP contribution in [0.1, 0.15) is 96.1 Å². The van der Waals surface area contributed by atoms with E-state index >= 15 is 0 Å². The van der Waals surface area contributed by atoms with Gasteiger partial charge in [-0.05, 0) is 79.1 Å². The number of ether oxygens (including phenoxy) is 2. The van der Waals surface area contributed by atoms with Crippen LogP contribution in [0.5, 0.6) is 11.5 Å². The summed E-state index contributed by atoms with van der Waals surface area (Å²) in [6.07, 6.45) is 15.5. The van der Waals surface area contributed by atoms with Crippen molar-refractivity contribution in [2.24, 2.45) is 5.92 Å². The first-order chi connectivity index (χ1) is 17.6. The molecule has 0 heterocycles. The number of hydrogen-bond acceptors (Lipinski definition) is 3. The molecule has 2 aromatic rings. The van der Waals surface area contributed by atoms with Gasteiger partial charge in [0.05, 0.1) is 13.2 Å². The topological polar surface area (TPSA) is 35.5 Å². The Hall–Kier alpha value is -2.81. The summed E-state index contributed by atoms with van der Waals surface area (Å²) in [6, 6.07) is 16.2. The van der Waals surface area contributed by atoms with Crippen molar-refractivity contribution in [1.29, 1.82) is 0 Å². The van der Waals surface area contributed by atoms with Crippen molar-refractivity contribution in [2.45, 2.75) is 85.0 Å². The van der Waals surface area contributed by atoms with E-state index in [1.165, 1.54) is 38.5 Å². The highest BCUT2D eigenvalue weighted by Gasteiger charge is 2.26. The number of hydrogen-bond donors (Lipinski definition) is 0. The molecule has 0 spiro atoms. The van der Waals surface area contributed by atoms with E-state index in [1.807, 2.05) is 54.6 Å². The van der Waals surface area contributed by atoms with Gasteiger partial charge in [0.25, 0.3) is 0 Å². The largest absolute Gasteiger partial charge is 0.494 e. The van der Waals surface area contributed by atoms with Crippen LogP contribution in [0.4, 0.5) is 0 Å². The van der Waals surface area contributed by atoms with Crippen LogP contribution < -0.4 is 9.47 Å². The third-order valence-corrected chi connectivity index (χ3v) is 6.89. The maximum Gasteiger partial charge on any atom is 0.185 e. The minimum atomic E-state index is 0.168. The average molecular weight is 489 g/mol. The molecule has 194 valence electrons. The highest BCUT2D eigenvalue weighted by atomic mass is 16.5. The summed E-state index contributed by atoms with van der Waals surface area (Å²) in [5.74, 6) is 2.21. The molecule has 0 radical (unpaired) electrons. The summed E-state index contributed by atoms with van der Waals surface area (Å²) < 4.78 is 11.7. The Morgan fingerprint density at radius 3 is 1.72 bits per heavy atom. The molecule has 1 atom stereocenters. The molecule has 0 aliphatic heterocycles. The fourth-order valence-electron chi connectivity index (χ4n) is 4.53. The van der Waals surface area contributed by atoms with Crippen molar-refractivity contribution in [1.82, 2.24) is 0 Å². The van der Waals surface area contributed by atoms with Gasteiger partial charge in [0.15, 0.2) is 5.78 Å². The van der Waals surface area contributed by atoms with Crippen LogP contribution in [-0.4, -0.2) is 19.0 Å². The molecule has 2 aromatic carbocycles. The van der Waals surface area contributed by atoms with Gasteiger partial charge in [-0.15, -0.1) is 0 Å². The zero-order valence-electron chi connectivity index (χ0n) is 22.6. The fraction of sp³-hybridized carbons (Fsp3) is 0.485. The molecule has 3 nitrogen and oxygen atoms in total. The Balaban J connectivity index is 1.59. The van der Waals surface area contributed by atoms with Crippen molar-refractivity contribution in [3.8, 4) is 11.5 Å². The maximum absolute atomic E-state index is 13.3. The van der Waals surface area contributed by atoms with E-state index in [2.05, 4.69) is 26.8 Å². The van der Waals surface area contributed by atoms with E-state index < -0.39 is 0 Å². The summed E-state index contributed by atoms with van der Waals surface area (Å²) in [5, 5.41) is 0. The van der Waals surface area contributed by atoms with Gasteiger partial charge < -0.3 is 9.47 Å². The Labute approximate surface area is 218 Å². The smallest absolute Gasteiger partial charge is 0.185 e. The first-order valence-corrected chi connectivity index (χ1v) is 14.0. The molecule has 0 bridgehead atoms. The van der Waals surface area contributed by atoms with Gasteiger partial charge in [-0.25, -0.2) is 0 Å². The minimum absolute atomic E-state index is 0.168. The lowest BCUT2D eigenvalue weighted by Gasteiger charge is -2.23. The van der Waals surface area contributed by atoms with Crippen LogP contribution in [0.15, 0.2) is 59.7 Å². The molecule has 1 fully saturated rings. The SMILES string of the molecule is CCCCCCOc1ccc(C=C2CCC(C)C(=Cc3ccc(OCCCCCC)cc3)C2=O)cc1. The van der Waals surface area contributed by atoms with Gasteiger partial charge in [0.2, 0.25) is 0 Å². The Morgan fingerprint density at radius 1 is 0.722 bits per heavy atom. The molecule has 3 heteroatoms. The average Bonchev–Trinajstić information content (AvgIpc) is 2.90. The van der Waals surface area contributed by atoms with E-state index in [1.54, 1.807) is 0 Å². The molecule has 0 N–H and O–H groups in total. The maximum atomic E-state index is 13.3. The zero-order chi connectivity index (χ0) is 25.6. The lowest BCUT2D eigenvalue weighted by molar-refractivity contribution is -0.113. The van der Waals surface area contributed by atoms with Gasteiger partial charge in [-0.2, -0.15) is 0 Å². The first kappa shape index (κ1) is 27.8. The predicted molar refractivity (Wildman–Crippen MR) is 152 cm³/mol. The summed E-state index contributed by atoms with van der Waals surface area (Å²) in [6.45, 7) is 8.11. The second kappa shape index (κ2) is 15.3. The molecule has 1 unspecified atom stereocenters. The number of Topliss-reactive ketones (excluding diaryl/α,β-unsaturated/α-hetero) is 1. The highest BCUT2D eigenvalue weighted by Crippen LogP contribution is 2.33. The summed E-state index contributed by atoms with van der Waals surface area (Å²) in [5.41, 5.74) is 3.88. The molecule has 1 aliphatic rings. The Bertz CT molecular complexity index is 983. The molecular formula is C33H44O3. The number of carbonyl (C=O) groups excluding carboxylic acids is 1. The van der Waals surface area contributed by atoms with Crippen molar-refractivity contribution in [3.05, 3.63) is 70.8 Å². The standard InChI is InChI=1S/C33H44O3/c1-4-6-8-10-22-35-30-18-13-27(14-19-30)24-29-17-12-26(3)32(33(29)34)25-28-15-20-31(21-16-28)36-23-11-9-7-5-2/h13-16,18-21,24-26H,4-12,17,22-23H2,1-3H3. The number of rotatable bonds is 14. The third-order valence-electron chi connectivity index (χ3n) is 6.89. The second-order valence-electron chi connectivity index (χ2n) is 9.99. The van der Waals surface area contributed by atoms with Crippen molar-refractivity contribution >= 4 is 17.9 Å². The van der Waals surface area contributed by atoms with Gasteiger partial charge in [-0.3, -0.25) is 4.79 Å². The molecule has 36 heavy (non-hydrogen) atoms. The van der Waals surface area contributed by atoms with Gasteiger partial charge in [-0.1, -0.05) is 83.6 Å². The third kappa shape index (κ3) is 9.00. The lowest BCUT2D eigenvalue weighted by Crippen LogP contribution is -2.19. The second-order valence-corrected chi connectivity index (χ2v) is 9.99. The number of ketones is 1. The lowest BCUT2D eigenvalue weighted by atomic mass is 9.80. The fourth-order valence-corrected chi connectivity index (χ4v) is 4.53. The van der Waals surface area contributed by atoms with Crippen LogP contribution in [0.25, 0.3) is 12.2 Å².